The van der Waals surface area contributed by atoms with Crippen LogP contribution in [0.4, 0.5) is 13.2 Å². The fraction of sp³-hybridized carbons (Fsp3) is 0.556. The van der Waals surface area contributed by atoms with Crippen molar-refractivity contribution in [1.29, 1.82) is 0 Å². The molecule has 1 fully saturated rings. The molecule has 0 bridgehead atoms. The normalized spacial score (nSPS) is 24.6. The van der Waals surface area contributed by atoms with Crippen LogP contribution in [-0.4, -0.2) is 41.2 Å². The summed E-state index contributed by atoms with van der Waals surface area (Å²) < 4.78 is 46.8. The van der Waals surface area contributed by atoms with E-state index in [4.69, 9.17) is 4.74 Å². The van der Waals surface area contributed by atoms with E-state index in [9.17, 15) is 23.3 Å². The Bertz CT molecular complexity index is 777. The first-order chi connectivity index (χ1) is 13.4. The molecule has 0 radical (unpaired) electrons. The highest BCUT2D eigenvalue weighted by Gasteiger charge is 2.46. The van der Waals surface area contributed by atoms with Crippen LogP contribution in [0.3, 0.4) is 0 Å². The lowest BCUT2D eigenvalue weighted by Crippen LogP contribution is -2.62. The lowest BCUT2D eigenvalue weighted by atomic mass is 9.83. The van der Waals surface area contributed by atoms with E-state index in [-0.39, 0.29) is 29.1 Å². The number of fused-ring (bicyclic) bond motifs is 1. The Labute approximate surface area is 165 Å². The lowest BCUT2D eigenvalue weighted by molar-refractivity contribution is -0.432. The summed E-state index contributed by atoms with van der Waals surface area (Å²) in [6.07, 6.45) is -4.16. The van der Waals surface area contributed by atoms with Crippen LogP contribution in [0.1, 0.15) is 26.3 Å². The second-order valence-corrected chi connectivity index (χ2v) is 8.07. The minimum absolute atomic E-state index is 0.122. The number of hydrogen-bond donors (Lipinski definition) is 2. The topological polar surface area (TPSA) is 88.9 Å². The molecule has 3 rings (SSSR count). The van der Waals surface area contributed by atoms with Crippen molar-refractivity contribution in [3.8, 4) is 5.75 Å². The molecule has 0 saturated carbocycles. The van der Waals surface area contributed by atoms with Crippen LogP contribution < -0.4 is 15.4 Å². The summed E-state index contributed by atoms with van der Waals surface area (Å²) in [5.74, 6) is -0.401. The molecule has 2 heterocycles. The zero-order valence-corrected chi connectivity index (χ0v) is 16.2. The zero-order valence-electron chi connectivity index (χ0n) is 16.2. The molecule has 8 nitrogen and oxygen atoms in total. The van der Waals surface area contributed by atoms with Gasteiger partial charge in [-0.05, 0) is 28.0 Å². The minimum Gasteiger partial charge on any atom is -0.406 e. The number of hydrogen-bond acceptors (Lipinski definition) is 7. The number of alkyl halides is 3. The molecule has 0 spiro atoms. The number of ether oxygens (including phenoxy) is 2. The molecule has 3 atom stereocenters. The maximum atomic E-state index is 12.3. The van der Waals surface area contributed by atoms with Gasteiger partial charge in [0.2, 0.25) is 0 Å². The van der Waals surface area contributed by atoms with Crippen molar-refractivity contribution in [3.63, 3.8) is 0 Å². The van der Waals surface area contributed by atoms with Gasteiger partial charge < -0.3 is 29.8 Å². The third-order valence-electron chi connectivity index (χ3n) is 4.68. The molecule has 0 aliphatic carbocycles. The maximum Gasteiger partial charge on any atom is 0.573 e. The molecule has 160 valence electrons. The summed E-state index contributed by atoms with van der Waals surface area (Å²) >= 11 is 0. The third kappa shape index (κ3) is 5.30. The van der Waals surface area contributed by atoms with Gasteiger partial charge >= 0.3 is 12.2 Å². The van der Waals surface area contributed by atoms with Gasteiger partial charge in [-0.3, -0.25) is 0 Å². The molecule has 2 aliphatic heterocycles. The van der Waals surface area contributed by atoms with E-state index in [0.717, 1.165) is 5.56 Å². The van der Waals surface area contributed by atoms with Crippen LogP contribution in [-0.2, 0) is 11.3 Å². The van der Waals surface area contributed by atoms with Gasteiger partial charge in [0.15, 0.2) is 0 Å². The molecule has 0 amide bonds. The molecule has 11 heteroatoms. The van der Waals surface area contributed by atoms with Crippen LogP contribution in [0.5, 0.6) is 5.75 Å². The lowest BCUT2D eigenvalue weighted by Gasteiger charge is -2.45. The van der Waals surface area contributed by atoms with Crippen molar-refractivity contribution < 1.29 is 27.6 Å². The summed E-state index contributed by atoms with van der Waals surface area (Å²) in [4.78, 5) is 12.2. The number of halogens is 3. The first kappa shape index (κ1) is 21.2. The Kier molecular flexibility index (Phi) is 5.63. The quantitative estimate of drug-likeness (QED) is 0.564. The van der Waals surface area contributed by atoms with Gasteiger partial charge in [0.1, 0.15) is 5.75 Å². The SMILES string of the molecule is CC(C)(C)[C@@H]1OC2NC([N+](=O)[O-])=CN2C[C@@H]1NCc1ccc(OC(F)(F)F)cc1. The zero-order chi connectivity index (χ0) is 21.4. The van der Waals surface area contributed by atoms with E-state index in [1.165, 1.54) is 18.3 Å². The van der Waals surface area contributed by atoms with E-state index >= 15 is 0 Å². The van der Waals surface area contributed by atoms with Crippen molar-refractivity contribution in [2.75, 3.05) is 6.54 Å². The van der Waals surface area contributed by atoms with Crippen molar-refractivity contribution in [3.05, 3.63) is 52.0 Å². The highest BCUT2D eigenvalue weighted by atomic mass is 19.4. The fourth-order valence-corrected chi connectivity index (χ4v) is 3.43. The van der Waals surface area contributed by atoms with E-state index < -0.39 is 17.6 Å². The van der Waals surface area contributed by atoms with Crippen LogP contribution in [0.15, 0.2) is 36.3 Å². The van der Waals surface area contributed by atoms with Crippen LogP contribution >= 0.6 is 0 Å². The van der Waals surface area contributed by atoms with Crippen LogP contribution in [0.25, 0.3) is 0 Å². The van der Waals surface area contributed by atoms with Crippen molar-refractivity contribution in [2.24, 2.45) is 5.41 Å². The molecule has 1 saturated heterocycles. The third-order valence-corrected chi connectivity index (χ3v) is 4.68. The molecule has 2 aliphatic rings. The smallest absolute Gasteiger partial charge is 0.406 e. The first-order valence-corrected chi connectivity index (χ1v) is 9.04. The summed E-state index contributed by atoms with van der Waals surface area (Å²) in [6, 6.07) is 5.47. The minimum atomic E-state index is -4.73. The summed E-state index contributed by atoms with van der Waals surface area (Å²) in [5, 5.41) is 17.1. The van der Waals surface area contributed by atoms with Gasteiger partial charge in [0.25, 0.3) is 6.35 Å². The number of nitrogens with zero attached hydrogens (tertiary/aromatic N) is 2. The van der Waals surface area contributed by atoms with E-state index in [1.807, 2.05) is 20.8 Å². The van der Waals surface area contributed by atoms with E-state index in [1.54, 1.807) is 17.0 Å². The first-order valence-electron chi connectivity index (χ1n) is 9.04. The van der Waals surface area contributed by atoms with Gasteiger partial charge in [-0.25, -0.2) is 5.32 Å². The van der Waals surface area contributed by atoms with Crippen molar-refractivity contribution in [2.45, 2.75) is 52.2 Å². The molecular formula is C18H23F3N4O4. The molecule has 1 aromatic rings. The Morgan fingerprint density at radius 2 is 1.97 bits per heavy atom. The Hall–Kier alpha value is -2.53. The monoisotopic (exact) mass is 416 g/mol. The van der Waals surface area contributed by atoms with Gasteiger partial charge in [0.05, 0.1) is 18.3 Å². The molecule has 29 heavy (non-hydrogen) atoms. The van der Waals surface area contributed by atoms with Crippen molar-refractivity contribution in [1.82, 2.24) is 15.5 Å². The Balaban J connectivity index is 1.66. The van der Waals surface area contributed by atoms with Crippen LogP contribution in [0.2, 0.25) is 0 Å². The fourth-order valence-electron chi connectivity index (χ4n) is 3.43. The second-order valence-electron chi connectivity index (χ2n) is 8.07. The van der Waals surface area contributed by atoms with Crippen molar-refractivity contribution >= 4 is 0 Å². The second kappa shape index (κ2) is 7.71. The standard InChI is InChI=1S/C18H23F3N4O4/c1-17(2,3)15-13(9-24-10-14(25(26)27)23-16(24)28-15)22-8-11-4-6-12(7-5-11)29-18(19,20)21/h4-7,10,13,15-16,22-23H,8-9H2,1-3H3/t13-,15+,16?/m0/s1. The van der Waals surface area contributed by atoms with Gasteiger partial charge in [0, 0.05) is 13.1 Å². The summed E-state index contributed by atoms with van der Waals surface area (Å²) in [5.41, 5.74) is 0.531. The Morgan fingerprint density at radius 3 is 2.52 bits per heavy atom. The summed E-state index contributed by atoms with van der Waals surface area (Å²) in [6.45, 7) is 6.92. The predicted octanol–water partition coefficient (Wildman–Crippen LogP) is 2.75. The maximum absolute atomic E-state index is 12.3. The number of rotatable bonds is 5. The average Bonchev–Trinajstić information content (AvgIpc) is 3.01. The van der Waals surface area contributed by atoms with E-state index in [2.05, 4.69) is 15.4 Å². The highest BCUT2D eigenvalue weighted by Crippen LogP contribution is 2.32. The van der Waals surface area contributed by atoms with Gasteiger partial charge in [-0.1, -0.05) is 32.9 Å². The number of benzene rings is 1. The number of nitrogens with one attached hydrogen (secondary N) is 2. The molecule has 2 N–H and O–H groups in total. The molecule has 0 aromatic heterocycles. The highest BCUT2D eigenvalue weighted by molar-refractivity contribution is 5.27. The molecule has 1 aromatic carbocycles. The van der Waals surface area contributed by atoms with Crippen LogP contribution in [0, 0.1) is 15.5 Å². The van der Waals surface area contributed by atoms with Gasteiger partial charge in [-0.2, -0.15) is 0 Å². The summed E-state index contributed by atoms with van der Waals surface area (Å²) in [7, 11) is 0. The van der Waals surface area contributed by atoms with Gasteiger partial charge in [-0.15, -0.1) is 13.2 Å². The largest absolute Gasteiger partial charge is 0.573 e. The molecule has 1 unspecified atom stereocenters. The Morgan fingerprint density at radius 1 is 1.31 bits per heavy atom. The van der Waals surface area contributed by atoms with E-state index in [0.29, 0.717) is 13.1 Å². The average molecular weight is 416 g/mol. The number of nitro groups is 1. The molecular weight excluding hydrogens is 393 g/mol. The predicted molar refractivity (Wildman–Crippen MR) is 96.8 cm³/mol.